The molecule has 3 aromatic carbocycles. The van der Waals surface area contributed by atoms with Crippen molar-refractivity contribution in [1.82, 2.24) is 0 Å². The van der Waals surface area contributed by atoms with Gasteiger partial charge in [-0.1, -0.05) is 30.7 Å². The Kier molecular flexibility index (Phi) is 7.29. The Hall–Kier alpha value is -4.26. The lowest BCUT2D eigenvalue weighted by atomic mass is 9.94. The Morgan fingerprint density at radius 3 is 2.19 bits per heavy atom. The first-order valence-electron chi connectivity index (χ1n) is 11.7. The molecule has 1 saturated heterocycles. The van der Waals surface area contributed by atoms with E-state index in [0.29, 0.717) is 40.7 Å². The molecular weight excluding hydrogens is 458 g/mol. The molecule has 0 aromatic heterocycles. The predicted octanol–water partition coefficient (Wildman–Crippen LogP) is 5.43. The zero-order chi connectivity index (χ0) is 25.8. The quantitative estimate of drug-likeness (QED) is 0.259. The summed E-state index contributed by atoms with van der Waals surface area (Å²) < 4.78 is 16.4. The lowest BCUT2D eigenvalue weighted by Crippen LogP contribution is -2.29. The molecule has 1 heterocycles. The van der Waals surface area contributed by atoms with Gasteiger partial charge in [0.15, 0.2) is 0 Å². The van der Waals surface area contributed by atoms with Crippen LogP contribution < -0.4 is 19.1 Å². The average molecular weight is 488 g/mol. The molecule has 3 aromatic rings. The van der Waals surface area contributed by atoms with Crippen LogP contribution in [0.2, 0.25) is 0 Å². The number of benzene rings is 3. The second kappa shape index (κ2) is 10.6. The number of aliphatic hydroxyl groups excluding tert-OH is 1. The second-order valence-electron chi connectivity index (χ2n) is 8.49. The van der Waals surface area contributed by atoms with Gasteiger partial charge in [-0.15, -0.1) is 0 Å². The summed E-state index contributed by atoms with van der Waals surface area (Å²) in [6, 6.07) is 18.5. The molecule has 1 aliphatic rings. The number of carbonyl (C=O) groups excluding carboxylic acids is 2. The Morgan fingerprint density at radius 2 is 1.58 bits per heavy atom. The van der Waals surface area contributed by atoms with Gasteiger partial charge in [0.05, 0.1) is 38.0 Å². The number of Topliss-reactive ketones (excluding diaryl/α,β-unsaturated/α-hetero) is 1. The van der Waals surface area contributed by atoms with Gasteiger partial charge < -0.3 is 19.3 Å². The molecule has 1 aliphatic heterocycles. The predicted molar refractivity (Wildman–Crippen MR) is 138 cm³/mol. The van der Waals surface area contributed by atoms with Crippen molar-refractivity contribution in [3.05, 3.63) is 89.0 Å². The number of methoxy groups -OCH3 is 2. The molecule has 4 rings (SSSR count). The van der Waals surface area contributed by atoms with Crippen molar-refractivity contribution >= 4 is 23.1 Å². The SMILES string of the molecule is CCCOc1ccc(C2/C(=C(\O)c3cc(C)ccc3OC)C(=O)C(=O)N2c2ccc(OC)cc2)cc1. The minimum atomic E-state index is -0.858. The van der Waals surface area contributed by atoms with E-state index in [1.165, 1.54) is 12.0 Å². The first kappa shape index (κ1) is 24.9. The van der Waals surface area contributed by atoms with E-state index in [9.17, 15) is 14.7 Å². The van der Waals surface area contributed by atoms with E-state index in [4.69, 9.17) is 14.2 Å². The molecular formula is C29H29NO6. The molecule has 0 saturated carbocycles. The van der Waals surface area contributed by atoms with Crippen LogP contribution in [0.1, 0.15) is 36.1 Å². The lowest BCUT2D eigenvalue weighted by Gasteiger charge is -2.26. The highest BCUT2D eigenvalue weighted by Gasteiger charge is 2.47. The average Bonchev–Trinajstić information content (AvgIpc) is 3.17. The van der Waals surface area contributed by atoms with Gasteiger partial charge in [0.1, 0.15) is 23.0 Å². The summed E-state index contributed by atoms with van der Waals surface area (Å²) in [7, 11) is 3.04. The first-order chi connectivity index (χ1) is 17.4. The van der Waals surface area contributed by atoms with Crippen LogP contribution in [0.4, 0.5) is 5.69 Å². The molecule has 1 unspecified atom stereocenters. The molecule has 0 bridgehead atoms. The number of nitrogens with zero attached hydrogens (tertiary/aromatic N) is 1. The van der Waals surface area contributed by atoms with Crippen molar-refractivity contribution in [3.8, 4) is 17.2 Å². The van der Waals surface area contributed by atoms with Crippen LogP contribution in [0.5, 0.6) is 17.2 Å². The molecule has 1 N–H and O–H groups in total. The van der Waals surface area contributed by atoms with Gasteiger partial charge in [-0.3, -0.25) is 14.5 Å². The Morgan fingerprint density at radius 1 is 0.917 bits per heavy atom. The number of aryl methyl sites for hydroxylation is 1. The van der Waals surface area contributed by atoms with E-state index in [2.05, 4.69) is 0 Å². The number of rotatable bonds is 8. The van der Waals surface area contributed by atoms with E-state index < -0.39 is 17.7 Å². The third-order valence-electron chi connectivity index (χ3n) is 6.07. The topological polar surface area (TPSA) is 85.3 Å². The van der Waals surface area contributed by atoms with E-state index in [1.54, 1.807) is 67.8 Å². The maximum atomic E-state index is 13.4. The Balaban J connectivity index is 1.90. The molecule has 36 heavy (non-hydrogen) atoms. The number of ether oxygens (including phenoxy) is 3. The fourth-order valence-corrected chi connectivity index (χ4v) is 4.28. The van der Waals surface area contributed by atoms with Crippen LogP contribution in [0.3, 0.4) is 0 Å². The highest BCUT2D eigenvalue weighted by Crippen LogP contribution is 2.44. The number of carbonyl (C=O) groups is 2. The summed E-state index contributed by atoms with van der Waals surface area (Å²) >= 11 is 0. The smallest absolute Gasteiger partial charge is 0.300 e. The summed E-state index contributed by atoms with van der Waals surface area (Å²) in [6.45, 7) is 4.48. The van der Waals surface area contributed by atoms with Crippen molar-refractivity contribution in [1.29, 1.82) is 0 Å². The Bertz CT molecular complexity index is 1290. The van der Waals surface area contributed by atoms with Crippen molar-refractivity contribution in [2.24, 2.45) is 0 Å². The normalized spacial score (nSPS) is 16.8. The maximum absolute atomic E-state index is 13.4. The number of hydrogen-bond acceptors (Lipinski definition) is 6. The molecule has 1 amide bonds. The molecule has 7 nitrogen and oxygen atoms in total. The molecule has 186 valence electrons. The number of anilines is 1. The van der Waals surface area contributed by atoms with E-state index >= 15 is 0 Å². The van der Waals surface area contributed by atoms with Gasteiger partial charge in [0, 0.05) is 5.69 Å². The minimum absolute atomic E-state index is 0.0121. The van der Waals surface area contributed by atoms with Gasteiger partial charge >= 0.3 is 0 Å². The summed E-state index contributed by atoms with van der Waals surface area (Å²) in [5.41, 5.74) is 2.36. The Labute approximate surface area is 210 Å². The van der Waals surface area contributed by atoms with Gasteiger partial charge in [-0.25, -0.2) is 0 Å². The fourth-order valence-electron chi connectivity index (χ4n) is 4.28. The number of amides is 1. The van der Waals surface area contributed by atoms with Crippen LogP contribution in [0.15, 0.2) is 72.3 Å². The monoisotopic (exact) mass is 487 g/mol. The van der Waals surface area contributed by atoms with Crippen molar-refractivity contribution in [3.63, 3.8) is 0 Å². The van der Waals surface area contributed by atoms with E-state index in [1.807, 2.05) is 19.9 Å². The van der Waals surface area contributed by atoms with Gasteiger partial charge in [-0.05, 0) is 67.4 Å². The third-order valence-corrected chi connectivity index (χ3v) is 6.07. The summed E-state index contributed by atoms with van der Waals surface area (Å²) in [5.74, 6) is -0.0963. The molecule has 0 aliphatic carbocycles. The van der Waals surface area contributed by atoms with Crippen LogP contribution in [0, 0.1) is 6.92 Å². The summed E-state index contributed by atoms with van der Waals surface area (Å²) in [4.78, 5) is 28.2. The van der Waals surface area contributed by atoms with Crippen LogP contribution in [-0.2, 0) is 9.59 Å². The van der Waals surface area contributed by atoms with Crippen LogP contribution in [0.25, 0.3) is 5.76 Å². The highest BCUT2D eigenvalue weighted by molar-refractivity contribution is 6.51. The highest BCUT2D eigenvalue weighted by atomic mass is 16.5. The summed E-state index contributed by atoms with van der Waals surface area (Å²) in [6.07, 6.45) is 0.873. The third kappa shape index (κ3) is 4.64. The largest absolute Gasteiger partial charge is 0.507 e. The van der Waals surface area contributed by atoms with Gasteiger partial charge in [0.25, 0.3) is 11.7 Å². The van der Waals surface area contributed by atoms with E-state index in [0.717, 1.165) is 12.0 Å². The fraction of sp³-hybridized carbons (Fsp3) is 0.241. The zero-order valence-corrected chi connectivity index (χ0v) is 20.8. The number of ketones is 1. The number of aliphatic hydroxyl groups is 1. The zero-order valence-electron chi connectivity index (χ0n) is 20.8. The molecule has 7 heteroatoms. The van der Waals surface area contributed by atoms with Crippen molar-refractivity contribution in [2.45, 2.75) is 26.3 Å². The maximum Gasteiger partial charge on any atom is 0.300 e. The molecule has 1 atom stereocenters. The van der Waals surface area contributed by atoms with Gasteiger partial charge in [-0.2, -0.15) is 0 Å². The van der Waals surface area contributed by atoms with Crippen LogP contribution >= 0.6 is 0 Å². The lowest BCUT2D eigenvalue weighted by molar-refractivity contribution is -0.132. The molecule has 1 fully saturated rings. The number of hydrogen-bond donors (Lipinski definition) is 1. The summed E-state index contributed by atoms with van der Waals surface area (Å²) in [5, 5.41) is 11.4. The van der Waals surface area contributed by atoms with Crippen molar-refractivity contribution < 1.29 is 28.9 Å². The first-order valence-corrected chi connectivity index (χ1v) is 11.7. The van der Waals surface area contributed by atoms with Crippen molar-refractivity contribution in [2.75, 3.05) is 25.7 Å². The van der Waals surface area contributed by atoms with E-state index in [-0.39, 0.29) is 11.3 Å². The molecule has 0 spiro atoms. The minimum Gasteiger partial charge on any atom is -0.507 e. The second-order valence-corrected chi connectivity index (χ2v) is 8.49. The van der Waals surface area contributed by atoms with Crippen LogP contribution in [-0.4, -0.2) is 37.6 Å². The standard InChI is InChI=1S/C29H29NO6/c1-5-16-36-22-11-7-19(8-12-22)26-25(27(31)23-17-18(2)6-15-24(23)35-4)28(32)29(33)30(26)20-9-13-21(34-3)14-10-20/h6-15,17,26,31H,5,16H2,1-4H3/b27-25+. The molecule has 0 radical (unpaired) electrons. The van der Waals surface area contributed by atoms with Gasteiger partial charge in [0.2, 0.25) is 0 Å².